The molecule has 1 aromatic rings. The summed E-state index contributed by atoms with van der Waals surface area (Å²) in [5.41, 5.74) is 1.31. The Morgan fingerprint density at radius 3 is 2.53 bits per heavy atom. The van der Waals surface area contributed by atoms with Crippen LogP contribution >= 0.6 is 0 Å². The lowest BCUT2D eigenvalue weighted by molar-refractivity contribution is 0.414. The summed E-state index contributed by atoms with van der Waals surface area (Å²) < 4.78 is 5.10. The molecule has 2 nitrogen and oxygen atoms in total. The molecule has 0 saturated heterocycles. The second kappa shape index (κ2) is 6.08. The topological polar surface area (TPSA) is 33.0 Å². The molecule has 0 fully saturated rings. The van der Waals surface area contributed by atoms with Gasteiger partial charge in [-0.3, -0.25) is 0 Å². The molecule has 0 aliphatic rings. The molecular weight excluding hydrogens is 186 g/mol. The zero-order chi connectivity index (χ0) is 11.1. The van der Waals surface area contributed by atoms with Crippen molar-refractivity contribution in [2.24, 2.45) is 5.92 Å². The molecule has 0 N–H and O–H groups in total. The van der Waals surface area contributed by atoms with Crippen molar-refractivity contribution in [3.63, 3.8) is 0 Å². The molecule has 0 aliphatic carbocycles. The Kier molecular flexibility index (Phi) is 4.70. The summed E-state index contributed by atoms with van der Waals surface area (Å²) in [6.45, 7) is 2.18. The number of hydrogen-bond acceptors (Lipinski definition) is 2. The van der Waals surface area contributed by atoms with Crippen LogP contribution in [0.25, 0.3) is 0 Å². The van der Waals surface area contributed by atoms with Crippen LogP contribution in [-0.4, -0.2) is 7.11 Å². The van der Waals surface area contributed by atoms with Crippen LogP contribution in [0.2, 0.25) is 0 Å². The lowest BCUT2D eigenvalue weighted by atomic mass is 9.97. The Hall–Kier alpha value is -1.49. The summed E-state index contributed by atoms with van der Waals surface area (Å²) in [4.78, 5) is 0. The van der Waals surface area contributed by atoms with E-state index in [1.165, 1.54) is 5.56 Å². The normalized spacial score (nSPS) is 11.8. The van der Waals surface area contributed by atoms with E-state index in [0.717, 1.165) is 18.6 Å². The van der Waals surface area contributed by atoms with E-state index in [-0.39, 0.29) is 0 Å². The van der Waals surface area contributed by atoms with Crippen LogP contribution in [0, 0.1) is 17.2 Å². The Labute approximate surface area is 91.5 Å². The van der Waals surface area contributed by atoms with E-state index in [4.69, 9.17) is 10.00 Å². The number of methoxy groups -OCH3 is 1. The van der Waals surface area contributed by atoms with Gasteiger partial charge in [-0.1, -0.05) is 19.1 Å². The second-order valence-corrected chi connectivity index (χ2v) is 3.85. The number of nitrogens with zero attached hydrogens (tertiary/aromatic N) is 1. The largest absolute Gasteiger partial charge is 0.497 e. The van der Waals surface area contributed by atoms with E-state index in [0.29, 0.717) is 12.3 Å². The van der Waals surface area contributed by atoms with Crippen molar-refractivity contribution in [2.75, 3.05) is 7.11 Å². The molecule has 0 aromatic heterocycles. The number of benzene rings is 1. The molecule has 2 heteroatoms. The zero-order valence-corrected chi connectivity index (χ0v) is 9.36. The molecule has 0 aliphatic heterocycles. The first kappa shape index (κ1) is 11.6. The van der Waals surface area contributed by atoms with Crippen molar-refractivity contribution in [1.82, 2.24) is 0 Å². The molecule has 0 saturated carbocycles. The van der Waals surface area contributed by atoms with E-state index in [2.05, 4.69) is 25.1 Å². The average Bonchev–Trinajstić information content (AvgIpc) is 2.27. The summed E-state index contributed by atoms with van der Waals surface area (Å²) >= 11 is 0. The predicted octanol–water partition coefficient (Wildman–Crippen LogP) is 3.18. The van der Waals surface area contributed by atoms with Crippen molar-refractivity contribution < 1.29 is 4.74 Å². The molecule has 15 heavy (non-hydrogen) atoms. The van der Waals surface area contributed by atoms with E-state index in [1.54, 1.807) is 7.11 Å². The highest BCUT2D eigenvalue weighted by Gasteiger charge is 2.03. The maximum absolute atomic E-state index is 8.48. The fraction of sp³-hybridized carbons (Fsp3) is 0.462. The van der Waals surface area contributed by atoms with Gasteiger partial charge < -0.3 is 4.74 Å². The van der Waals surface area contributed by atoms with Crippen molar-refractivity contribution >= 4 is 0 Å². The predicted molar refractivity (Wildman–Crippen MR) is 60.7 cm³/mol. The molecule has 80 valence electrons. The Morgan fingerprint density at radius 1 is 1.33 bits per heavy atom. The van der Waals surface area contributed by atoms with Crippen LogP contribution in [0.15, 0.2) is 24.3 Å². The smallest absolute Gasteiger partial charge is 0.118 e. The van der Waals surface area contributed by atoms with Crippen molar-refractivity contribution in [1.29, 1.82) is 5.26 Å². The molecule has 1 rings (SSSR count). The van der Waals surface area contributed by atoms with Gasteiger partial charge in [0.1, 0.15) is 5.75 Å². The van der Waals surface area contributed by atoms with Crippen LogP contribution < -0.4 is 4.74 Å². The van der Waals surface area contributed by atoms with Crippen molar-refractivity contribution in [3.8, 4) is 11.8 Å². The van der Waals surface area contributed by atoms with Crippen LogP contribution in [0.1, 0.15) is 25.3 Å². The van der Waals surface area contributed by atoms with Gasteiger partial charge in [0.2, 0.25) is 0 Å². The zero-order valence-electron chi connectivity index (χ0n) is 9.36. The number of rotatable bonds is 5. The molecule has 0 heterocycles. The number of hydrogen-bond donors (Lipinski definition) is 0. The minimum Gasteiger partial charge on any atom is -0.497 e. The molecule has 1 atom stereocenters. The van der Waals surface area contributed by atoms with E-state index in [9.17, 15) is 0 Å². The molecule has 0 spiro atoms. The van der Waals surface area contributed by atoms with Gasteiger partial charge in [-0.15, -0.1) is 0 Å². The standard InChI is InChI=1S/C13H17NO/c1-11(4-3-9-14)10-12-5-7-13(15-2)8-6-12/h5-8,11H,3-4,10H2,1-2H3. The first-order chi connectivity index (χ1) is 7.26. The van der Waals surface area contributed by atoms with Crippen molar-refractivity contribution in [2.45, 2.75) is 26.2 Å². The van der Waals surface area contributed by atoms with Gasteiger partial charge in [0.15, 0.2) is 0 Å². The third-order valence-electron chi connectivity index (χ3n) is 2.49. The van der Waals surface area contributed by atoms with Gasteiger partial charge in [-0.2, -0.15) is 5.26 Å². The summed E-state index contributed by atoms with van der Waals surface area (Å²) in [7, 11) is 1.67. The first-order valence-electron chi connectivity index (χ1n) is 5.26. The fourth-order valence-electron chi connectivity index (χ4n) is 1.58. The van der Waals surface area contributed by atoms with Crippen LogP contribution in [0.5, 0.6) is 5.75 Å². The van der Waals surface area contributed by atoms with Gasteiger partial charge >= 0.3 is 0 Å². The molecule has 0 bridgehead atoms. The average molecular weight is 203 g/mol. The van der Waals surface area contributed by atoms with Gasteiger partial charge in [0.05, 0.1) is 13.2 Å². The minimum absolute atomic E-state index is 0.568. The van der Waals surface area contributed by atoms with Crippen LogP contribution in [-0.2, 0) is 6.42 Å². The van der Waals surface area contributed by atoms with Crippen LogP contribution in [0.3, 0.4) is 0 Å². The summed E-state index contributed by atoms with van der Waals surface area (Å²) in [5.74, 6) is 1.46. The Balaban J connectivity index is 2.46. The molecule has 0 amide bonds. The number of ether oxygens (including phenoxy) is 1. The summed E-state index contributed by atoms with van der Waals surface area (Å²) in [6.07, 6.45) is 2.66. The highest BCUT2D eigenvalue weighted by molar-refractivity contribution is 5.27. The maximum atomic E-state index is 8.48. The van der Waals surface area contributed by atoms with Gasteiger partial charge in [0.25, 0.3) is 0 Å². The van der Waals surface area contributed by atoms with Gasteiger partial charge in [-0.25, -0.2) is 0 Å². The number of nitriles is 1. The molecular formula is C13H17NO. The highest BCUT2D eigenvalue weighted by atomic mass is 16.5. The van der Waals surface area contributed by atoms with E-state index in [1.807, 2.05) is 12.1 Å². The lowest BCUT2D eigenvalue weighted by Crippen LogP contribution is -1.99. The quantitative estimate of drug-likeness (QED) is 0.736. The van der Waals surface area contributed by atoms with E-state index >= 15 is 0 Å². The molecule has 0 radical (unpaired) electrons. The fourth-order valence-corrected chi connectivity index (χ4v) is 1.58. The molecule has 1 unspecified atom stereocenters. The maximum Gasteiger partial charge on any atom is 0.118 e. The monoisotopic (exact) mass is 203 g/mol. The second-order valence-electron chi connectivity index (χ2n) is 3.85. The van der Waals surface area contributed by atoms with Crippen LogP contribution in [0.4, 0.5) is 0 Å². The Morgan fingerprint density at radius 2 is 2.00 bits per heavy atom. The van der Waals surface area contributed by atoms with Gasteiger partial charge in [-0.05, 0) is 36.5 Å². The van der Waals surface area contributed by atoms with Crippen molar-refractivity contribution in [3.05, 3.63) is 29.8 Å². The SMILES string of the molecule is COc1ccc(CC(C)CCC#N)cc1. The Bertz CT molecular complexity index is 323. The van der Waals surface area contributed by atoms with Gasteiger partial charge in [0, 0.05) is 6.42 Å². The molecule has 1 aromatic carbocycles. The summed E-state index contributed by atoms with van der Waals surface area (Å²) in [6, 6.07) is 10.3. The third-order valence-corrected chi connectivity index (χ3v) is 2.49. The third kappa shape index (κ3) is 4.03. The van der Waals surface area contributed by atoms with E-state index < -0.39 is 0 Å². The first-order valence-corrected chi connectivity index (χ1v) is 5.26. The summed E-state index contributed by atoms with van der Waals surface area (Å²) in [5, 5.41) is 8.48. The minimum atomic E-state index is 0.568. The lowest BCUT2D eigenvalue weighted by Gasteiger charge is -2.09. The highest BCUT2D eigenvalue weighted by Crippen LogP contribution is 2.16.